The van der Waals surface area contributed by atoms with Crippen LogP contribution in [-0.4, -0.2) is 67.7 Å². The molecule has 0 radical (unpaired) electrons. The van der Waals surface area contributed by atoms with Crippen LogP contribution < -0.4 is 9.86 Å². The fraction of sp³-hybridized carbons (Fsp3) is 0.400. The summed E-state index contributed by atoms with van der Waals surface area (Å²) >= 11 is 0. The predicted octanol–water partition coefficient (Wildman–Crippen LogP) is -0.681. The largest absolute Gasteiger partial charge is 0.378 e. The van der Waals surface area contributed by atoms with Gasteiger partial charge in [-0.05, 0) is 12.1 Å². The van der Waals surface area contributed by atoms with Crippen molar-refractivity contribution in [3.8, 4) is 0 Å². The Kier molecular flexibility index (Phi) is 4.73. The molecular weight excluding hydrogens is 348 g/mol. The highest BCUT2D eigenvalue weighted by atomic mass is 32.2. The normalized spacial score (nSPS) is 15.3. The van der Waals surface area contributed by atoms with Gasteiger partial charge >= 0.3 is 0 Å². The topological polar surface area (TPSA) is 101 Å². The molecule has 2 aromatic rings. The molecule has 1 fully saturated rings. The average Bonchev–Trinajstić information content (AvgIpc) is 2.60. The Balaban J connectivity index is 1.98. The molecule has 1 amide bonds. The molecule has 134 valence electrons. The number of aromatic nitrogens is 2. The zero-order valence-electron chi connectivity index (χ0n) is 13.7. The number of ether oxygens (including phenoxy) is 1. The van der Waals surface area contributed by atoms with E-state index in [-0.39, 0.29) is 11.6 Å². The third kappa shape index (κ3) is 3.64. The summed E-state index contributed by atoms with van der Waals surface area (Å²) in [5.74, 6) is -0.383. The van der Waals surface area contributed by atoms with Crippen molar-refractivity contribution in [2.75, 3.05) is 43.4 Å². The Hall–Kier alpha value is -2.46. The van der Waals surface area contributed by atoms with E-state index in [9.17, 15) is 18.0 Å². The van der Waals surface area contributed by atoms with Crippen molar-refractivity contribution in [3.63, 3.8) is 0 Å². The van der Waals surface area contributed by atoms with Crippen LogP contribution in [0.4, 0.5) is 5.69 Å². The number of hydrogen-bond donors (Lipinski definition) is 0. The molecule has 0 atom stereocenters. The van der Waals surface area contributed by atoms with E-state index < -0.39 is 22.1 Å². The number of anilines is 1. The summed E-state index contributed by atoms with van der Waals surface area (Å²) in [7, 11) is -3.84. The number of carbonyl (C=O) groups is 1. The Morgan fingerprint density at radius 1 is 1.32 bits per heavy atom. The zero-order chi connectivity index (χ0) is 18.0. The van der Waals surface area contributed by atoms with Crippen LogP contribution >= 0.6 is 0 Å². The fourth-order valence-corrected chi connectivity index (χ4v) is 3.43. The predicted molar refractivity (Wildman–Crippen MR) is 91.1 cm³/mol. The summed E-state index contributed by atoms with van der Waals surface area (Å²) in [6, 6.07) is 5.00. The van der Waals surface area contributed by atoms with Crippen molar-refractivity contribution in [1.82, 2.24) is 14.3 Å². The summed E-state index contributed by atoms with van der Waals surface area (Å²) in [5.41, 5.74) is -0.317. The number of hydrogen-bond acceptors (Lipinski definition) is 6. The highest BCUT2D eigenvalue weighted by Crippen LogP contribution is 2.13. The Bertz CT molecular complexity index is 950. The Morgan fingerprint density at radius 2 is 2.04 bits per heavy atom. The lowest BCUT2D eigenvalue weighted by Crippen LogP contribution is -2.48. The molecule has 0 aliphatic carbocycles. The van der Waals surface area contributed by atoms with E-state index in [2.05, 4.69) is 4.98 Å². The molecule has 1 saturated heterocycles. The van der Waals surface area contributed by atoms with Gasteiger partial charge < -0.3 is 9.64 Å². The summed E-state index contributed by atoms with van der Waals surface area (Å²) < 4.78 is 31.6. The molecule has 1 aliphatic heterocycles. The monoisotopic (exact) mass is 366 g/mol. The molecule has 1 aliphatic rings. The molecular formula is C15H18N4O5S. The number of morpholine rings is 1. The minimum Gasteiger partial charge on any atom is -0.378 e. The first kappa shape index (κ1) is 17.4. The second-order valence-electron chi connectivity index (χ2n) is 5.64. The molecule has 0 unspecified atom stereocenters. The number of sulfonamides is 1. The lowest BCUT2D eigenvalue weighted by atomic mass is 10.3. The number of fused-ring (bicyclic) bond motifs is 1. The van der Waals surface area contributed by atoms with Gasteiger partial charge in [-0.15, -0.1) is 0 Å². The van der Waals surface area contributed by atoms with E-state index in [4.69, 9.17) is 4.74 Å². The highest BCUT2D eigenvalue weighted by Gasteiger charge is 2.27. The van der Waals surface area contributed by atoms with E-state index in [1.54, 1.807) is 18.2 Å². The van der Waals surface area contributed by atoms with Crippen molar-refractivity contribution in [1.29, 1.82) is 0 Å². The standard InChI is InChI=1S/C15H18N4O5S/c1-25(22,23)19(11-14(20)17-6-8-24-9-7-17)12-10-16-13-4-2-3-5-18(13)15(12)21/h2-5,10H,6-9,11H2,1H3. The maximum absolute atomic E-state index is 12.6. The molecule has 2 aromatic heterocycles. The third-order valence-corrected chi connectivity index (χ3v) is 5.03. The van der Waals surface area contributed by atoms with Crippen molar-refractivity contribution in [2.24, 2.45) is 0 Å². The number of nitrogens with zero attached hydrogens (tertiary/aromatic N) is 4. The molecule has 0 spiro atoms. The summed E-state index contributed by atoms with van der Waals surface area (Å²) in [6.07, 6.45) is 3.64. The Morgan fingerprint density at radius 3 is 2.72 bits per heavy atom. The highest BCUT2D eigenvalue weighted by molar-refractivity contribution is 7.92. The van der Waals surface area contributed by atoms with E-state index in [1.165, 1.54) is 21.7 Å². The van der Waals surface area contributed by atoms with E-state index >= 15 is 0 Å². The van der Waals surface area contributed by atoms with Gasteiger partial charge in [0, 0.05) is 19.3 Å². The second-order valence-corrected chi connectivity index (χ2v) is 7.55. The summed E-state index contributed by atoms with van der Waals surface area (Å²) in [4.78, 5) is 30.7. The van der Waals surface area contributed by atoms with E-state index in [0.717, 1.165) is 10.6 Å². The smallest absolute Gasteiger partial charge is 0.282 e. The van der Waals surface area contributed by atoms with Gasteiger partial charge in [0.25, 0.3) is 5.56 Å². The van der Waals surface area contributed by atoms with Crippen molar-refractivity contribution < 1.29 is 17.9 Å². The van der Waals surface area contributed by atoms with Gasteiger partial charge in [-0.3, -0.25) is 18.3 Å². The molecule has 3 heterocycles. The van der Waals surface area contributed by atoms with Crippen LogP contribution in [0.5, 0.6) is 0 Å². The van der Waals surface area contributed by atoms with Crippen LogP contribution in [0, 0.1) is 0 Å². The van der Waals surface area contributed by atoms with Crippen LogP contribution in [-0.2, 0) is 19.6 Å². The van der Waals surface area contributed by atoms with Gasteiger partial charge in [-0.1, -0.05) is 6.07 Å². The van der Waals surface area contributed by atoms with E-state index in [1.807, 2.05) is 0 Å². The number of pyridine rings is 1. The molecule has 10 heteroatoms. The average molecular weight is 366 g/mol. The van der Waals surface area contributed by atoms with E-state index in [0.29, 0.717) is 32.0 Å². The van der Waals surface area contributed by atoms with Crippen LogP contribution in [0.15, 0.2) is 35.4 Å². The lowest BCUT2D eigenvalue weighted by Gasteiger charge is -2.29. The van der Waals surface area contributed by atoms with Crippen LogP contribution in [0.2, 0.25) is 0 Å². The molecule has 0 saturated carbocycles. The molecule has 0 bridgehead atoms. The first-order valence-electron chi connectivity index (χ1n) is 7.67. The number of carbonyl (C=O) groups excluding carboxylic acids is 1. The zero-order valence-corrected chi connectivity index (χ0v) is 14.5. The number of rotatable bonds is 4. The Labute approximate surface area is 144 Å². The third-order valence-electron chi connectivity index (χ3n) is 3.91. The number of amides is 1. The quantitative estimate of drug-likeness (QED) is 0.711. The molecule has 9 nitrogen and oxygen atoms in total. The van der Waals surface area contributed by atoms with Gasteiger partial charge in [0.1, 0.15) is 17.9 Å². The summed E-state index contributed by atoms with van der Waals surface area (Å²) in [5, 5.41) is 0. The first-order chi connectivity index (χ1) is 11.9. The maximum Gasteiger partial charge on any atom is 0.282 e. The maximum atomic E-state index is 12.6. The van der Waals surface area contributed by atoms with Crippen molar-refractivity contribution >= 4 is 27.3 Å². The molecule has 3 rings (SSSR count). The van der Waals surface area contributed by atoms with Crippen molar-refractivity contribution in [2.45, 2.75) is 0 Å². The van der Waals surface area contributed by atoms with Crippen LogP contribution in [0.3, 0.4) is 0 Å². The van der Waals surface area contributed by atoms with Gasteiger partial charge in [-0.2, -0.15) is 0 Å². The van der Waals surface area contributed by atoms with Crippen LogP contribution in [0.25, 0.3) is 5.65 Å². The van der Waals surface area contributed by atoms with Gasteiger partial charge in [0.05, 0.1) is 25.7 Å². The fourth-order valence-electron chi connectivity index (χ4n) is 2.60. The second kappa shape index (κ2) is 6.81. The van der Waals surface area contributed by atoms with Crippen LogP contribution in [0.1, 0.15) is 0 Å². The first-order valence-corrected chi connectivity index (χ1v) is 9.52. The van der Waals surface area contributed by atoms with Crippen molar-refractivity contribution in [3.05, 3.63) is 40.9 Å². The molecule has 0 N–H and O–H groups in total. The SMILES string of the molecule is CS(=O)(=O)N(CC(=O)N1CCOCC1)c1cnc2ccccn2c1=O. The summed E-state index contributed by atoms with van der Waals surface area (Å²) in [6.45, 7) is 1.15. The molecule has 25 heavy (non-hydrogen) atoms. The molecule has 0 aromatic carbocycles. The van der Waals surface area contributed by atoms with Gasteiger partial charge in [0.2, 0.25) is 15.9 Å². The van der Waals surface area contributed by atoms with Gasteiger partial charge in [0.15, 0.2) is 0 Å². The van der Waals surface area contributed by atoms with Gasteiger partial charge in [-0.25, -0.2) is 13.4 Å². The lowest BCUT2D eigenvalue weighted by molar-refractivity contribution is -0.133. The minimum atomic E-state index is -3.84. The minimum absolute atomic E-state index is 0.159.